The van der Waals surface area contributed by atoms with Crippen LogP contribution < -0.4 is 5.73 Å². The van der Waals surface area contributed by atoms with E-state index in [9.17, 15) is 5.11 Å². The molecule has 5 nitrogen and oxygen atoms in total. The molecule has 1 saturated heterocycles. The Balaban J connectivity index is 1.87. The van der Waals surface area contributed by atoms with Crippen molar-refractivity contribution in [1.29, 1.82) is 0 Å². The molecule has 1 aromatic heterocycles. The van der Waals surface area contributed by atoms with Gasteiger partial charge in [-0.2, -0.15) is 0 Å². The van der Waals surface area contributed by atoms with Gasteiger partial charge in [0.25, 0.3) is 0 Å². The van der Waals surface area contributed by atoms with Crippen molar-refractivity contribution in [1.82, 2.24) is 9.88 Å². The Morgan fingerprint density at radius 3 is 2.78 bits per heavy atom. The number of likely N-dealkylation sites (N-methyl/N-ethyl adjacent to an activating group) is 1. The van der Waals surface area contributed by atoms with E-state index in [-0.39, 0.29) is 0 Å². The first-order chi connectivity index (χ1) is 8.57. The third kappa shape index (κ3) is 3.66. The van der Waals surface area contributed by atoms with Gasteiger partial charge in [0, 0.05) is 45.3 Å². The van der Waals surface area contributed by atoms with Crippen LogP contribution in [0.5, 0.6) is 0 Å². The molecule has 0 bridgehead atoms. The average Bonchev–Trinajstić information content (AvgIpc) is 2.32. The van der Waals surface area contributed by atoms with Crippen LogP contribution in [0.25, 0.3) is 0 Å². The van der Waals surface area contributed by atoms with Crippen molar-refractivity contribution in [2.24, 2.45) is 0 Å². The molecule has 5 heteroatoms. The lowest BCUT2D eigenvalue weighted by molar-refractivity contribution is -0.0777. The number of rotatable bonds is 4. The number of aliphatic hydroxyl groups is 1. The van der Waals surface area contributed by atoms with Gasteiger partial charge >= 0.3 is 0 Å². The fourth-order valence-corrected chi connectivity index (χ4v) is 2.31. The predicted octanol–water partition coefficient (Wildman–Crippen LogP) is 0.637. The van der Waals surface area contributed by atoms with Gasteiger partial charge in [0.15, 0.2) is 0 Å². The Labute approximate surface area is 108 Å². The van der Waals surface area contributed by atoms with Crippen molar-refractivity contribution in [2.75, 3.05) is 32.5 Å². The van der Waals surface area contributed by atoms with E-state index in [1.54, 1.807) is 12.3 Å². The Morgan fingerprint density at radius 1 is 1.44 bits per heavy atom. The summed E-state index contributed by atoms with van der Waals surface area (Å²) in [4.78, 5) is 6.17. The number of aromatic nitrogens is 1. The molecule has 0 unspecified atom stereocenters. The second kappa shape index (κ2) is 5.65. The molecule has 0 spiro atoms. The first-order valence-corrected chi connectivity index (χ1v) is 6.26. The third-order valence-corrected chi connectivity index (χ3v) is 3.29. The Morgan fingerprint density at radius 2 is 2.17 bits per heavy atom. The molecule has 3 N–H and O–H groups in total. The standard InChI is InChI=1S/C13H21N3O2/c1-16(9-11-2-3-12(14)15-8-11)10-13(17)4-6-18-7-5-13/h2-3,8,17H,4-7,9-10H2,1H3,(H2,14,15). The maximum absolute atomic E-state index is 10.4. The van der Waals surface area contributed by atoms with Gasteiger partial charge in [-0.1, -0.05) is 6.07 Å². The summed E-state index contributed by atoms with van der Waals surface area (Å²) >= 11 is 0. The lowest BCUT2D eigenvalue weighted by Crippen LogP contribution is -2.45. The monoisotopic (exact) mass is 251 g/mol. The highest BCUT2D eigenvalue weighted by Crippen LogP contribution is 2.21. The molecular formula is C13H21N3O2. The van der Waals surface area contributed by atoms with E-state index in [2.05, 4.69) is 9.88 Å². The van der Waals surface area contributed by atoms with Gasteiger partial charge in [0.2, 0.25) is 0 Å². The van der Waals surface area contributed by atoms with Crippen LogP contribution in [0.3, 0.4) is 0 Å². The Kier molecular flexibility index (Phi) is 4.16. The summed E-state index contributed by atoms with van der Waals surface area (Å²) in [6.07, 6.45) is 3.19. The summed E-state index contributed by atoms with van der Waals surface area (Å²) < 4.78 is 5.28. The van der Waals surface area contributed by atoms with E-state index in [4.69, 9.17) is 10.5 Å². The number of nitrogen functional groups attached to an aromatic ring is 1. The highest BCUT2D eigenvalue weighted by molar-refractivity contribution is 5.29. The van der Waals surface area contributed by atoms with Gasteiger partial charge in [-0.3, -0.25) is 4.90 Å². The molecule has 2 rings (SSSR count). The first-order valence-electron chi connectivity index (χ1n) is 6.26. The van der Waals surface area contributed by atoms with Crippen molar-refractivity contribution in [3.8, 4) is 0 Å². The average molecular weight is 251 g/mol. The van der Waals surface area contributed by atoms with Gasteiger partial charge in [-0.05, 0) is 18.7 Å². The second-order valence-electron chi connectivity index (χ2n) is 5.10. The Hall–Kier alpha value is -1.17. The maximum Gasteiger partial charge on any atom is 0.123 e. The zero-order valence-electron chi connectivity index (χ0n) is 10.8. The lowest BCUT2D eigenvalue weighted by Gasteiger charge is -2.35. The molecule has 0 amide bonds. The van der Waals surface area contributed by atoms with Gasteiger partial charge in [0.1, 0.15) is 5.82 Å². The highest BCUT2D eigenvalue weighted by atomic mass is 16.5. The minimum Gasteiger partial charge on any atom is -0.388 e. The number of nitrogens with zero attached hydrogens (tertiary/aromatic N) is 2. The number of nitrogens with two attached hydrogens (primary N) is 1. The number of ether oxygens (including phenoxy) is 1. The van der Waals surface area contributed by atoms with Crippen LogP contribution in [0.1, 0.15) is 18.4 Å². The predicted molar refractivity (Wildman–Crippen MR) is 70.0 cm³/mol. The van der Waals surface area contributed by atoms with E-state index in [1.165, 1.54) is 0 Å². The quantitative estimate of drug-likeness (QED) is 0.821. The van der Waals surface area contributed by atoms with Crippen LogP contribution in [-0.2, 0) is 11.3 Å². The van der Waals surface area contributed by atoms with Gasteiger partial charge in [0.05, 0.1) is 5.60 Å². The highest BCUT2D eigenvalue weighted by Gasteiger charge is 2.30. The molecular weight excluding hydrogens is 230 g/mol. The van der Waals surface area contributed by atoms with E-state index in [0.717, 1.165) is 12.1 Å². The Bertz CT molecular complexity index is 374. The molecule has 0 saturated carbocycles. The zero-order valence-corrected chi connectivity index (χ0v) is 10.8. The van der Waals surface area contributed by atoms with E-state index < -0.39 is 5.60 Å². The number of hydrogen-bond acceptors (Lipinski definition) is 5. The summed E-state index contributed by atoms with van der Waals surface area (Å²) in [5, 5.41) is 10.4. The molecule has 0 atom stereocenters. The fourth-order valence-electron chi connectivity index (χ4n) is 2.31. The lowest BCUT2D eigenvalue weighted by atomic mass is 9.94. The number of hydrogen-bond donors (Lipinski definition) is 2. The second-order valence-corrected chi connectivity index (χ2v) is 5.10. The first kappa shape index (κ1) is 13.3. The van der Waals surface area contributed by atoms with Crippen LogP contribution >= 0.6 is 0 Å². The number of anilines is 1. The molecule has 0 radical (unpaired) electrons. The van der Waals surface area contributed by atoms with Crippen molar-refractivity contribution in [3.05, 3.63) is 23.9 Å². The van der Waals surface area contributed by atoms with Gasteiger partial charge < -0.3 is 15.6 Å². The minimum atomic E-state index is -0.617. The molecule has 1 aliphatic heterocycles. The molecule has 2 heterocycles. The van der Waals surface area contributed by atoms with Crippen LogP contribution in [0.4, 0.5) is 5.82 Å². The SMILES string of the molecule is CN(Cc1ccc(N)nc1)CC1(O)CCOCC1. The number of pyridine rings is 1. The van der Waals surface area contributed by atoms with Crippen molar-refractivity contribution >= 4 is 5.82 Å². The van der Waals surface area contributed by atoms with Crippen molar-refractivity contribution < 1.29 is 9.84 Å². The zero-order chi connectivity index (χ0) is 13.0. The minimum absolute atomic E-state index is 0.532. The molecule has 0 aliphatic carbocycles. The van der Waals surface area contributed by atoms with E-state index in [0.29, 0.717) is 38.4 Å². The van der Waals surface area contributed by atoms with E-state index in [1.807, 2.05) is 13.1 Å². The smallest absolute Gasteiger partial charge is 0.123 e. The summed E-state index contributed by atoms with van der Waals surface area (Å²) in [6.45, 7) is 2.71. The topological polar surface area (TPSA) is 71.6 Å². The normalized spacial score (nSPS) is 19.1. The molecule has 1 aliphatic rings. The maximum atomic E-state index is 10.4. The summed E-state index contributed by atoms with van der Waals surface area (Å²) in [5.41, 5.74) is 6.03. The summed E-state index contributed by atoms with van der Waals surface area (Å²) in [7, 11) is 2.00. The summed E-state index contributed by atoms with van der Waals surface area (Å²) in [5.74, 6) is 0.532. The molecule has 1 aromatic rings. The fraction of sp³-hybridized carbons (Fsp3) is 0.615. The van der Waals surface area contributed by atoms with Crippen molar-refractivity contribution in [2.45, 2.75) is 25.0 Å². The molecule has 0 aromatic carbocycles. The molecule has 1 fully saturated rings. The van der Waals surface area contributed by atoms with E-state index >= 15 is 0 Å². The van der Waals surface area contributed by atoms with Gasteiger partial charge in [-0.25, -0.2) is 4.98 Å². The van der Waals surface area contributed by atoms with Crippen molar-refractivity contribution in [3.63, 3.8) is 0 Å². The van der Waals surface area contributed by atoms with Crippen LogP contribution in [0, 0.1) is 0 Å². The summed E-state index contributed by atoms with van der Waals surface area (Å²) in [6, 6.07) is 3.76. The third-order valence-electron chi connectivity index (χ3n) is 3.29. The largest absolute Gasteiger partial charge is 0.388 e. The molecule has 18 heavy (non-hydrogen) atoms. The van der Waals surface area contributed by atoms with Crippen LogP contribution in [0.2, 0.25) is 0 Å². The van der Waals surface area contributed by atoms with Crippen LogP contribution in [-0.4, -0.2) is 47.4 Å². The van der Waals surface area contributed by atoms with Gasteiger partial charge in [-0.15, -0.1) is 0 Å². The molecule has 100 valence electrons. The van der Waals surface area contributed by atoms with Crippen LogP contribution in [0.15, 0.2) is 18.3 Å².